The minimum absolute atomic E-state index is 0.166. The third-order valence-electron chi connectivity index (χ3n) is 8.89. The zero-order valence-corrected chi connectivity index (χ0v) is 29.0. The molecule has 5 rings (SSSR count). The number of amides is 2. The Hall–Kier alpha value is -2.94. The number of pyridine rings is 1. The molecule has 2 aromatic carbocycles. The van der Waals surface area contributed by atoms with E-state index < -0.39 is 37.1 Å². The number of carbonyl (C=O) groups is 1. The van der Waals surface area contributed by atoms with E-state index in [1.807, 2.05) is 30.6 Å². The molecule has 0 bridgehead atoms. The van der Waals surface area contributed by atoms with E-state index >= 15 is 0 Å². The molecule has 49 heavy (non-hydrogen) atoms. The zero-order chi connectivity index (χ0) is 34.8. The highest BCUT2D eigenvalue weighted by molar-refractivity contribution is 7.99. The van der Waals surface area contributed by atoms with Crippen LogP contribution in [0.25, 0.3) is 11.1 Å². The lowest BCUT2D eigenvalue weighted by atomic mass is 9.94. The summed E-state index contributed by atoms with van der Waals surface area (Å²) in [7, 11) is 0. The molecule has 1 heterocycles. The summed E-state index contributed by atoms with van der Waals surface area (Å²) >= 11 is 8.42. The van der Waals surface area contributed by atoms with Gasteiger partial charge < -0.3 is 46.2 Å². The van der Waals surface area contributed by atoms with Crippen LogP contribution >= 0.6 is 23.4 Å². The van der Waals surface area contributed by atoms with Crippen molar-refractivity contribution in [3.8, 4) is 16.9 Å². The van der Waals surface area contributed by atoms with Gasteiger partial charge in [-0.2, -0.15) is 0 Å². The second kappa shape index (κ2) is 17.8. The molecule has 2 saturated carbocycles. The molecule has 1 aromatic heterocycles. The number of halogens is 1. The van der Waals surface area contributed by atoms with Crippen molar-refractivity contribution in [1.82, 2.24) is 20.9 Å². The van der Waals surface area contributed by atoms with Gasteiger partial charge in [0.2, 0.25) is 0 Å². The van der Waals surface area contributed by atoms with E-state index in [1.165, 1.54) is 5.56 Å². The minimum atomic E-state index is -1.74. The van der Waals surface area contributed by atoms with Crippen LogP contribution in [0.4, 0.5) is 4.79 Å². The number of nitrogens with one attached hydrogen (secondary N) is 3. The first-order valence-electron chi connectivity index (χ1n) is 16.9. The number of nitrogens with zero attached hydrogens (tertiary/aromatic N) is 1. The number of urea groups is 1. The summed E-state index contributed by atoms with van der Waals surface area (Å²) in [6.07, 6.45) is 4.48. The number of benzene rings is 2. The van der Waals surface area contributed by atoms with Gasteiger partial charge in [-0.3, -0.25) is 4.98 Å². The number of hydrogen-bond donors (Lipinski definition) is 8. The van der Waals surface area contributed by atoms with Gasteiger partial charge in [0.05, 0.1) is 18.8 Å². The highest BCUT2D eigenvalue weighted by atomic mass is 35.5. The number of rotatable bonds is 20. The molecule has 4 atom stereocenters. The number of para-hydroxylation sites is 1. The van der Waals surface area contributed by atoms with Crippen molar-refractivity contribution in [3.05, 3.63) is 77.1 Å². The summed E-state index contributed by atoms with van der Waals surface area (Å²) in [4.78, 5) is 17.6. The number of aliphatic hydroxyl groups excluding tert-OH is 5. The molecule has 266 valence electrons. The summed E-state index contributed by atoms with van der Waals surface area (Å²) in [5, 5.41) is 57.3. The molecular weight excluding hydrogens is 668 g/mol. The van der Waals surface area contributed by atoms with Gasteiger partial charge in [-0.15, -0.1) is 11.8 Å². The smallest absolute Gasteiger partial charge is 0.314 e. The first kappa shape index (κ1) is 37.3. The van der Waals surface area contributed by atoms with Crippen LogP contribution in [0.2, 0.25) is 5.02 Å². The van der Waals surface area contributed by atoms with Crippen LogP contribution in [-0.4, -0.2) is 92.5 Å². The Bertz CT molecular complexity index is 1530. The fourth-order valence-electron chi connectivity index (χ4n) is 5.61. The second-order valence-corrected chi connectivity index (χ2v) is 14.3. The summed E-state index contributed by atoms with van der Waals surface area (Å²) in [5.74, 6) is 1.84. The maximum atomic E-state index is 12.0. The predicted octanol–water partition coefficient (Wildman–Crippen LogP) is 3.72. The van der Waals surface area contributed by atoms with Crippen LogP contribution < -0.4 is 20.7 Å². The van der Waals surface area contributed by atoms with Crippen molar-refractivity contribution in [1.29, 1.82) is 0 Å². The van der Waals surface area contributed by atoms with Gasteiger partial charge in [0, 0.05) is 53.0 Å². The van der Waals surface area contributed by atoms with Crippen molar-refractivity contribution in [2.45, 2.75) is 92.4 Å². The van der Waals surface area contributed by atoms with Gasteiger partial charge in [0.1, 0.15) is 24.1 Å². The van der Waals surface area contributed by atoms with Crippen LogP contribution in [0.1, 0.15) is 56.1 Å². The van der Waals surface area contributed by atoms with Gasteiger partial charge in [-0.25, -0.2) is 4.79 Å². The molecule has 11 nitrogen and oxygen atoms in total. The Labute approximate surface area is 296 Å². The van der Waals surface area contributed by atoms with Crippen molar-refractivity contribution < 1.29 is 35.1 Å². The zero-order valence-electron chi connectivity index (χ0n) is 27.4. The van der Waals surface area contributed by atoms with E-state index in [-0.39, 0.29) is 12.1 Å². The summed E-state index contributed by atoms with van der Waals surface area (Å²) in [6, 6.07) is 16.0. The number of ether oxygens (including phenoxy) is 1. The Balaban J connectivity index is 1.04. The fourth-order valence-corrected chi connectivity index (χ4v) is 6.77. The Morgan fingerprint density at radius 3 is 2.51 bits per heavy atom. The molecule has 2 fully saturated rings. The van der Waals surface area contributed by atoms with Crippen molar-refractivity contribution in [3.63, 3.8) is 0 Å². The Morgan fingerprint density at radius 1 is 0.980 bits per heavy atom. The number of hydrogen-bond acceptors (Lipinski definition) is 10. The topological polar surface area (TPSA) is 176 Å². The quantitative estimate of drug-likeness (QED) is 0.0636. The molecule has 0 radical (unpaired) electrons. The SMILES string of the molecule is O=C(NCCCCCSc1ccc(Cl)c(CNC2(c3cnccc3-c3ccccc3OC3CC3)CC2)c1)NCC(O)C(O)C(O)C(O)CO. The third-order valence-corrected chi connectivity index (χ3v) is 10.3. The monoisotopic (exact) mass is 714 g/mol. The van der Waals surface area contributed by atoms with E-state index in [9.17, 15) is 25.2 Å². The summed E-state index contributed by atoms with van der Waals surface area (Å²) in [6.45, 7) is -0.0147. The largest absolute Gasteiger partial charge is 0.490 e. The lowest BCUT2D eigenvalue weighted by Crippen LogP contribution is -2.50. The molecule has 3 aromatic rings. The molecule has 8 N–H and O–H groups in total. The highest BCUT2D eigenvalue weighted by Gasteiger charge is 2.46. The van der Waals surface area contributed by atoms with Crippen molar-refractivity contribution in [2.24, 2.45) is 0 Å². The third kappa shape index (κ3) is 10.5. The van der Waals surface area contributed by atoms with Crippen LogP contribution in [0.3, 0.4) is 0 Å². The first-order valence-corrected chi connectivity index (χ1v) is 18.3. The van der Waals surface area contributed by atoms with E-state index in [2.05, 4.69) is 51.3 Å². The van der Waals surface area contributed by atoms with Crippen molar-refractivity contribution in [2.75, 3.05) is 25.4 Å². The summed E-state index contributed by atoms with van der Waals surface area (Å²) in [5.41, 5.74) is 4.31. The molecule has 2 amide bonds. The van der Waals surface area contributed by atoms with Crippen LogP contribution in [0.5, 0.6) is 5.75 Å². The first-order chi connectivity index (χ1) is 23.7. The molecule has 0 saturated heterocycles. The Kier molecular flexibility index (Phi) is 13.6. The number of unbranched alkanes of at least 4 members (excludes halogenated alkanes) is 2. The van der Waals surface area contributed by atoms with Gasteiger partial charge in [-0.1, -0.05) is 36.2 Å². The van der Waals surface area contributed by atoms with Gasteiger partial charge in [0.25, 0.3) is 0 Å². The summed E-state index contributed by atoms with van der Waals surface area (Å²) < 4.78 is 6.25. The van der Waals surface area contributed by atoms with Crippen LogP contribution in [0.15, 0.2) is 65.8 Å². The molecular formula is C36H47ClN4O7S. The van der Waals surface area contributed by atoms with Crippen LogP contribution in [-0.2, 0) is 12.1 Å². The number of aromatic nitrogens is 1. The number of thioether (sulfide) groups is 1. The van der Waals surface area contributed by atoms with Gasteiger partial charge in [-0.05, 0) is 91.3 Å². The van der Waals surface area contributed by atoms with E-state index in [0.717, 1.165) is 83.1 Å². The molecule has 2 aliphatic rings. The Morgan fingerprint density at radius 2 is 1.76 bits per heavy atom. The maximum absolute atomic E-state index is 12.0. The average Bonchev–Trinajstić information content (AvgIpc) is 4.07. The standard InChI is InChI=1S/C36H47ClN4O7S/c37-29-11-10-25(49-17-5-1-4-15-39-35(47)40-21-30(43)33(45)34(46)31(44)22-42)18-23(29)19-41-36(13-14-36)28-20-38-16-12-26(28)27-6-2-3-7-32(27)48-24-8-9-24/h2-3,6-7,10-12,16,18,20,24,30-31,33-34,41-46H,1,4-5,8-9,13-15,17,19,21-22H2,(H2,39,40,47). The van der Waals surface area contributed by atoms with E-state index in [4.69, 9.17) is 21.4 Å². The average molecular weight is 715 g/mol. The second-order valence-electron chi connectivity index (χ2n) is 12.8. The number of carbonyl (C=O) groups excluding carboxylic acids is 1. The number of aliphatic hydroxyl groups is 5. The van der Waals surface area contributed by atoms with Gasteiger partial charge in [0.15, 0.2) is 0 Å². The molecule has 13 heteroatoms. The van der Waals surface area contributed by atoms with Crippen LogP contribution in [0, 0.1) is 0 Å². The molecule has 0 spiro atoms. The van der Waals surface area contributed by atoms with E-state index in [0.29, 0.717) is 19.2 Å². The lowest BCUT2D eigenvalue weighted by molar-refractivity contribution is -0.113. The van der Waals surface area contributed by atoms with Gasteiger partial charge >= 0.3 is 6.03 Å². The lowest BCUT2D eigenvalue weighted by Gasteiger charge is -2.25. The molecule has 2 aliphatic carbocycles. The normalized spacial score (nSPS) is 17.5. The predicted molar refractivity (Wildman–Crippen MR) is 190 cm³/mol. The molecule has 4 unspecified atom stereocenters. The molecule has 0 aliphatic heterocycles. The van der Waals surface area contributed by atoms with E-state index in [1.54, 1.807) is 11.8 Å². The highest BCUT2D eigenvalue weighted by Crippen LogP contribution is 2.50. The maximum Gasteiger partial charge on any atom is 0.314 e. The fraction of sp³-hybridized carbons (Fsp3) is 0.500. The van der Waals surface area contributed by atoms with Crippen molar-refractivity contribution >= 4 is 29.4 Å². The minimum Gasteiger partial charge on any atom is -0.490 e.